The molecule has 2 aliphatic heterocycles. The van der Waals surface area contributed by atoms with E-state index in [-0.39, 0.29) is 6.04 Å². The van der Waals surface area contributed by atoms with Gasteiger partial charge in [-0.3, -0.25) is 9.69 Å². The maximum atomic E-state index is 12.5. The zero-order chi connectivity index (χ0) is 15.1. The molecule has 0 bridgehead atoms. The molecule has 2 atom stereocenters. The maximum Gasteiger partial charge on any atom is 0.224 e. The summed E-state index contributed by atoms with van der Waals surface area (Å²) >= 11 is 0. The van der Waals surface area contributed by atoms with Crippen LogP contribution in [0.3, 0.4) is 0 Å². The highest BCUT2D eigenvalue weighted by atomic mass is 16.2. The van der Waals surface area contributed by atoms with Gasteiger partial charge in [-0.05, 0) is 45.1 Å². The fourth-order valence-electron chi connectivity index (χ4n) is 3.96. The number of piperidine rings is 2. The number of carbonyl (C=O) groups is 1. The van der Waals surface area contributed by atoms with E-state index in [1.165, 1.54) is 51.4 Å². The fraction of sp³-hybridized carbons (Fsp3) is 0.941. The highest BCUT2D eigenvalue weighted by Gasteiger charge is 2.30. The summed E-state index contributed by atoms with van der Waals surface area (Å²) < 4.78 is 0. The molecular formula is C17H33N3O. The highest BCUT2D eigenvalue weighted by molar-refractivity contribution is 5.77. The minimum absolute atomic E-state index is 0.247. The summed E-state index contributed by atoms with van der Waals surface area (Å²) in [5, 5.41) is 0. The number of nitrogens with two attached hydrogens (primary N) is 1. The van der Waals surface area contributed by atoms with Gasteiger partial charge in [0.25, 0.3) is 0 Å². The van der Waals surface area contributed by atoms with Gasteiger partial charge >= 0.3 is 0 Å². The van der Waals surface area contributed by atoms with Crippen molar-refractivity contribution >= 4 is 5.91 Å². The van der Waals surface area contributed by atoms with Gasteiger partial charge < -0.3 is 10.6 Å². The zero-order valence-corrected chi connectivity index (χ0v) is 13.7. The molecule has 1 amide bonds. The quantitative estimate of drug-likeness (QED) is 0.818. The third-order valence-electron chi connectivity index (χ3n) is 5.15. The van der Waals surface area contributed by atoms with Gasteiger partial charge in [-0.1, -0.05) is 19.8 Å². The molecule has 0 radical (unpaired) electrons. The van der Waals surface area contributed by atoms with E-state index >= 15 is 0 Å². The van der Waals surface area contributed by atoms with Crippen molar-refractivity contribution in [3.63, 3.8) is 0 Å². The number of nitrogens with zero attached hydrogens (tertiary/aromatic N) is 2. The van der Waals surface area contributed by atoms with Gasteiger partial charge in [0, 0.05) is 38.1 Å². The number of hydrogen-bond donors (Lipinski definition) is 1. The van der Waals surface area contributed by atoms with Gasteiger partial charge in [0.1, 0.15) is 0 Å². The van der Waals surface area contributed by atoms with Crippen LogP contribution in [-0.4, -0.2) is 54.0 Å². The molecule has 0 aliphatic carbocycles. The Morgan fingerprint density at radius 3 is 2.52 bits per heavy atom. The zero-order valence-electron chi connectivity index (χ0n) is 13.7. The van der Waals surface area contributed by atoms with Gasteiger partial charge in [-0.25, -0.2) is 0 Å². The second kappa shape index (κ2) is 8.74. The lowest BCUT2D eigenvalue weighted by atomic mass is 9.95. The van der Waals surface area contributed by atoms with Gasteiger partial charge in [0.05, 0.1) is 0 Å². The second-order valence-electron chi connectivity index (χ2n) is 6.71. The van der Waals surface area contributed by atoms with Gasteiger partial charge in [0.15, 0.2) is 0 Å². The SMILES string of the molecule is CCCC1CCCCN1C(CN)CC(=O)N1CCCCC1. The van der Waals surface area contributed by atoms with E-state index in [0.29, 0.717) is 24.9 Å². The van der Waals surface area contributed by atoms with E-state index in [9.17, 15) is 4.79 Å². The largest absolute Gasteiger partial charge is 0.343 e. The third-order valence-corrected chi connectivity index (χ3v) is 5.15. The first-order valence-corrected chi connectivity index (χ1v) is 8.99. The molecule has 2 N–H and O–H groups in total. The smallest absolute Gasteiger partial charge is 0.224 e. The summed E-state index contributed by atoms with van der Waals surface area (Å²) in [6, 6.07) is 0.891. The van der Waals surface area contributed by atoms with Crippen LogP contribution < -0.4 is 5.73 Å². The predicted octanol–water partition coefficient (Wildman–Crippen LogP) is 2.37. The van der Waals surface area contributed by atoms with Crippen LogP contribution >= 0.6 is 0 Å². The van der Waals surface area contributed by atoms with E-state index in [1.54, 1.807) is 0 Å². The number of likely N-dealkylation sites (tertiary alicyclic amines) is 2. The molecule has 4 nitrogen and oxygen atoms in total. The minimum atomic E-state index is 0.247. The Bertz CT molecular complexity index is 313. The molecule has 0 spiro atoms. The van der Waals surface area contributed by atoms with Crippen molar-refractivity contribution in [2.45, 2.75) is 76.8 Å². The molecule has 2 saturated heterocycles. The first kappa shape index (κ1) is 16.8. The van der Waals surface area contributed by atoms with Crippen molar-refractivity contribution in [1.82, 2.24) is 9.80 Å². The van der Waals surface area contributed by atoms with Crippen molar-refractivity contribution in [2.75, 3.05) is 26.2 Å². The topological polar surface area (TPSA) is 49.6 Å². The molecule has 0 aromatic heterocycles. The molecule has 0 aromatic rings. The van der Waals surface area contributed by atoms with E-state index in [0.717, 1.165) is 19.6 Å². The summed E-state index contributed by atoms with van der Waals surface area (Å²) in [6.07, 6.45) is 10.6. The first-order valence-electron chi connectivity index (χ1n) is 8.99. The molecular weight excluding hydrogens is 262 g/mol. The Hall–Kier alpha value is -0.610. The van der Waals surface area contributed by atoms with Crippen LogP contribution in [0.5, 0.6) is 0 Å². The van der Waals surface area contributed by atoms with E-state index in [2.05, 4.69) is 16.7 Å². The molecule has 0 saturated carbocycles. The second-order valence-corrected chi connectivity index (χ2v) is 6.71. The van der Waals surface area contributed by atoms with Crippen molar-refractivity contribution < 1.29 is 4.79 Å². The van der Waals surface area contributed by atoms with Crippen molar-refractivity contribution in [3.8, 4) is 0 Å². The Kier molecular flexibility index (Phi) is 6.97. The van der Waals surface area contributed by atoms with E-state index < -0.39 is 0 Å². The number of carbonyl (C=O) groups excluding carboxylic acids is 1. The average molecular weight is 295 g/mol. The Morgan fingerprint density at radius 2 is 1.86 bits per heavy atom. The number of amides is 1. The van der Waals surface area contributed by atoms with Gasteiger partial charge in [0.2, 0.25) is 5.91 Å². The van der Waals surface area contributed by atoms with Crippen LogP contribution in [-0.2, 0) is 4.79 Å². The highest BCUT2D eigenvalue weighted by Crippen LogP contribution is 2.24. The Morgan fingerprint density at radius 1 is 1.14 bits per heavy atom. The van der Waals surface area contributed by atoms with Crippen LogP contribution in [0.15, 0.2) is 0 Å². The molecule has 4 heteroatoms. The van der Waals surface area contributed by atoms with Crippen molar-refractivity contribution in [1.29, 1.82) is 0 Å². The lowest BCUT2D eigenvalue weighted by Crippen LogP contribution is -2.51. The monoisotopic (exact) mass is 295 g/mol. The normalized spacial score (nSPS) is 25.8. The molecule has 2 heterocycles. The van der Waals surface area contributed by atoms with E-state index in [1.807, 2.05) is 0 Å². The van der Waals surface area contributed by atoms with Crippen LogP contribution in [0.2, 0.25) is 0 Å². The standard InChI is InChI=1S/C17H33N3O/c1-2-8-15-9-4-7-12-20(15)16(14-18)13-17(21)19-10-5-3-6-11-19/h15-16H,2-14,18H2,1H3. The molecule has 0 aromatic carbocycles. The average Bonchev–Trinajstić information content (AvgIpc) is 2.54. The van der Waals surface area contributed by atoms with Gasteiger partial charge in [-0.15, -0.1) is 0 Å². The summed E-state index contributed by atoms with van der Waals surface area (Å²) in [4.78, 5) is 17.1. The molecule has 21 heavy (non-hydrogen) atoms. The summed E-state index contributed by atoms with van der Waals surface area (Å²) in [7, 11) is 0. The molecule has 122 valence electrons. The lowest BCUT2D eigenvalue weighted by molar-refractivity contribution is -0.133. The summed E-state index contributed by atoms with van der Waals surface area (Å²) in [5.74, 6) is 0.325. The lowest BCUT2D eigenvalue weighted by Gasteiger charge is -2.41. The Balaban J connectivity index is 1.92. The minimum Gasteiger partial charge on any atom is -0.343 e. The summed E-state index contributed by atoms with van der Waals surface area (Å²) in [5.41, 5.74) is 6.03. The van der Waals surface area contributed by atoms with Crippen LogP contribution in [0.4, 0.5) is 0 Å². The van der Waals surface area contributed by atoms with Crippen LogP contribution in [0.1, 0.15) is 64.7 Å². The number of hydrogen-bond acceptors (Lipinski definition) is 3. The van der Waals surface area contributed by atoms with Crippen molar-refractivity contribution in [2.24, 2.45) is 5.73 Å². The van der Waals surface area contributed by atoms with Gasteiger partial charge in [-0.2, -0.15) is 0 Å². The maximum absolute atomic E-state index is 12.5. The molecule has 2 rings (SSSR count). The Labute approximate surface area is 130 Å². The van der Waals surface area contributed by atoms with E-state index in [4.69, 9.17) is 5.73 Å². The molecule has 2 aliphatic rings. The van der Waals surface area contributed by atoms with Crippen LogP contribution in [0.25, 0.3) is 0 Å². The molecule has 2 unspecified atom stereocenters. The van der Waals surface area contributed by atoms with Crippen molar-refractivity contribution in [3.05, 3.63) is 0 Å². The van der Waals surface area contributed by atoms with Crippen LogP contribution in [0, 0.1) is 0 Å². The molecule has 2 fully saturated rings. The fourth-order valence-corrected chi connectivity index (χ4v) is 3.96. The summed E-state index contributed by atoms with van der Waals surface area (Å²) in [6.45, 7) is 5.89. The predicted molar refractivity (Wildman–Crippen MR) is 87.1 cm³/mol. The number of rotatable bonds is 6. The first-order chi connectivity index (χ1) is 10.3. The third kappa shape index (κ3) is 4.68.